The zero-order valence-corrected chi connectivity index (χ0v) is 13.6. The van der Waals surface area contributed by atoms with Crippen LogP contribution >= 0.6 is 0 Å². The number of hydrogen-bond donors (Lipinski definition) is 1. The lowest BCUT2D eigenvalue weighted by Crippen LogP contribution is -2.19. The van der Waals surface area contributed by atoms with E-state index >= 15 is 0 Å². The Labute approximate surface area is 135 Å². The number of fused-ring (bicyclic) bond motifs is 1. The van der Waals surface area contributed by atoms with Gasteiger partial charge in [0.05, 0.1) is 4.92 Å². The Morgan fingerprint density at radius 1 is 1.43 bits per heavy atom. The van der Waals surface area contributed by atoms with Gasteiger partial charge in [0.15, 0.2) is 0 Å². The lowest BCUT2D eigenvalue weighted by molar-refractivity contribution is -0.384. The molecule has 0 saturated heterocycles. The van der Waals surface area contributed by atoms with Crippen molar-refractivity contribution in [2.75, 3.05) is 11.9 Å². The summed E-state index contributed by atoms with van der Waals surface area (Å²) in [5.74, 6) is 0.898. The van der Waals surface area contributed by atoms with Gasteiger partial charge >= 0.3 is 5.69 Å². The first-order valence-electron chi connectivity index (χ1n) is 8.13. The van der Waals surface area contributed by atoms with E-state index in [0.717, 1.165) is 19.3 Å². The minimum absolute atomic E-state index is 0.110. The molecule has 23 heavy (non-hydrogen) atoms. The Kier molecular flexibility index (Phi) is 4.32. The van der Waals surface area contributed by atoms with Gasteiger partial charge < -0.3 is 5.32 Å². The highest BCUT2D eigenvalue weighted by Crippen LogP contribution is 2.33. The van der Waals surface area contributed by atoms with Crippen LogP contribution in [0, 0.1) is 10.1 Å². The Morgan fingerprint density at radius 2 is 2.22 bits per heavy atom. The number of benzene rings is 1. The van der Waals surface area contributed by atoms with Crippen LogP contribution in [0.4, 0.5) is 11.5 Å². The van der Waals surface area contributed by atoms with E-state index < -0.39 is 0 Å². The van der Waals surface area contributed by atoms with Gasteiger partial charge in [-0.1, -0.05) is 31.2 Å². The normalized spacial score (nSPS) is 16.9. The quantitative estimate of drug-likeness (QED) is 0.678. The van der Waals surface area contributed by atoms with Crippen molar-refractivity contribution < 1.29 is 4.92 Å². The van der Waals surface area contributed by atoms with E-state index in [4.69, 9.17) is 0 Å². The molecular formula is C17H22N4O2. The van der Waals surface area contributed by atoms with Crippen molar-refractivity contribution in [3.05, 3.63) is 51.2 Å². The van der Waals surface area contributed by atoms with E-state index in [9.17, 15) is 10.1 Å². The lowest BCUT2D eigenvalue weighted by Gasteiger charge is -2.25. The van der Waals surface area contributed by atoms with E-state index in [1.165, 1.54) is 11.1 Å². The molecule has 0 radical (unpaired) electrons. The van der Waals surface area contributed by atoms with Crippen LogP contribution in [0.25, 0.3) is 0 Å². The SMILES string of the molecule is CCc1nn(C)c(NCC2CCCc3ccccc32)c1[N+](=O)[O-]. The zero-order valence-electron chi connectivity index (χ0n) is 13.6. The van der Waals surface area contributed by atoms with Crippen LogP contribution in [0.3, 0.4) is 0 Å². The van der Waals surface area contributed by atoms with Crippen LogP contribution in [-0.2, 0) is 19.9 Å². The van der Waals surface area contributed by atoms with Crippen LogP contribution < -0.4 is 5.32 Å². The number of nitrogens with zero attached hydrogens (tertiary/aromatic N) is 3. The van der Waals surface area contributed by atoms with E-state index in [1.54, 1.807) is 11.7 Å². The summed E-state index contributed by atoms with van der Waals surface area (Å²) in [7, 11) is 1.75. The number of rotatable bonds is 5. The second kappa shape index (κ2) is 6.40. The molecule has 6 heteroatoms. The second-order valence-corrected chi connectivity index (χ2v) is 6.05. The zero-order chi connectivity index (χ0) is 16.4. The minimum Gasteiger partial charge on any atom is -0.364 e. The van der Waals surface area contributed by atoms with Gasteiger partial charge in [0.2, 0.25) is 5.82 Å². The first-order chi connectivity index (χ1) is 11.1. The third-order valence-corrected chi connectivity index (χ3v) is 4.62. The van der Waals surface area contributed by atoms with Gasteiger partial charge in [-0.3, -0.25) is 10.1 Å². The molecule has 1 aliphatic rings. The molecule has 3 rings (SSSR count). The Morgan fingerprint density at radius 3 is 2.96 bits per heavy atom. The van der Waals surface area contributed by atoms with Gasteiger partial charge in [-0.05, 0) is 36.8 Å². The molecule has 0 amide bonds. The predicted molar refractivity (Wildman–Crippen MR) is 89.9 cm³/mol. The van der Waals surface area contributed by atoms with Crippen molar-refractivity contribution in [3.8, 4) is 0 Å². The minimum atomic E-state index is -0.330. The fraction of sp³-hybridized carbons (Fsp3) is 0.471. The molecular weight excluding hydrogens is 292 g/mol. The smallest absolute Gasteiger partial charge is 0.333 e. The van der Waals surface area contributed by atoms with Crippen molar-refractivity contribution in [2.24, 2.45) is 7.05 Å². The maximum absolute atomic E-state index is 11.4. The molecule has 0 saturated carbocycles. The first-order valence-corrected chi connectivity index (χ1v) is 8.13. The molecule has 1 heterocycles. The fourth-order valence-electron chi connectivity index (χ4n) is 3.48. The average Bonchev–Trinajstić information content (AvgIpc) is 2.89. The molecule has 0 spiro atoms. The second-order valence-electron chi connectivity index (χ2n) is 6.05. The molecule has 122 valence electrons. The third kappa shape index (κ3) is 2.93. The average molecular weight is 314 g/mol. The largest absolute Gasteiger partial charge is 0.364 e. The topological polar surface area (TPSA) is 73.0 Å². The summed E-state index contributed by atoms with van der Waals surface area (Å²) in [6.07, 6.45) is 3.95. The van der Waals surface area contributed by atoms with E-state index in [0.29, 0.717) is 30.4 Å². The lowest BCUT2D eigenvalue weighted by atomic mass is 9.83. The third-order valence-electron chi connectivity index (χ3n) is 4.62. The van der Waals surface area contributed by atoms with E-state index in [1.807, 2.05) is 6.92 Å². The summed E-state index contributed by atoms with van der Waals surface area (Å²) in [5, 5.41) is 18.9. The molecule has 1 unspecified atom stereocenters. The van der Waals surface area contributed by atoms with Crippen molar-refractivity contribution in [3.63, 3.8) is 0 Å². The molecule has 0 bridgehead atoms. The monoisotopic (exact) mass is 314 g/mol. The first kappa shape index (κ1) is 15.5. The summed E-state index contributed by atoms with van der Waals surface area (Å²) >= 11 is 0. The van der Waals surface area contributed by atoms with Gasteiger partial charge in [-0.2, -0.15) is 5.10 Å². The van der Waals surface area contributed by atoms with Gasteiger partial charge in [-0.25, -0.2) is 4.68 Å². The van der Waals surface area contributed by atoms with Crippen molar-refractivity contribution in [1.82, 2.24) is 9.78 Å². The molecule has 1 aromatic carbocycles. The number of nitrogens with one attached hydrogen (secondary N) is 1. The Hall–Kier alpha value is -2.37. The highest BCUT2D eigenvalue weighted by atomic mass is 16.6. The van der Waals surface area contributed by atoms with Crippen molar-refractivity contribution >= 4 is 11.5 Å². The Bertz CT molecular complexity index is 723. The maximum Gasteiger partial charge on any atom is 0.333 e. The molecule has 2 aromatic rings. The van der Waals surface area contributed by atoms with Crippen LogP contribution in [0.5, 0.6) is 0 Å². The Balaban J connectivity index is 1.82. The predicted octanol–water partition coefficient (Wildman–Crippen LogP) is 3.42. The number of aromatic nitrogens is 2. The summed E-state index contributed by atoms with van der Waals surface area (Å²) in [6.45, 7) is 2.58. The van der Waals surface area contributed by atoms with Crippen LogP contribution in [0.1, 0.15) is 42.5 Å². The van der Waals surface area contributed by atoms with Gasteiger partial charge in [0.25, 0.3) is 0 Å². The molecule has 0 aliphatic heterocycles. The molecule has 1 aliphatic carbocycles. The van der Waals surface area contributed by atoms with Crippen molar-refractivity contribution in [2.45, 2.75) is 38.5 Å². The molecule has 0 fully saturated rings. The van der Waals surface area contributed by atoms with Gasteiger partial charge in [-0.15, -0.1) is 0 Å². The maximum atomic E-state index is 11.4. The molecule has 1 atom stereocenters. The summed E-state index contributed by atoms with van der Waals surface area (Å²) in [5.41, 5.74) is 3.41. The standard InChI is InChI=1S/C17H22N4O2/c1-3-15-16(21(22)23)17(20(2)19-15)18-11-13-9-6-8-12-7-4-5-10-14(12)13/h4-5,7,10,13,18H,3,6,8-9,11H2,1-2H3. The van der Waals surface area contributed by atoms with Crippen LogP contribution in [-0.4, -0.2) is 21.2 Å². The number of aryl methyl sites for hydroxylation is 3. The molecule has 1 aromatic heterocycles. The number of anilines is 1. The molecule has 1 N–H and O–H groups in total. The van der Waals surface area contributed by atoms with Gasteiger partial charge in [0, 0.05) is 19.5 Å². The molecule has 6 nitrogen and oxygen atoms in total. The van der Waals surface area contributed by atoms with Crippen molar-refractivity contribution in [1.29, 1.82) is 0 Å². The van der Waals surface area contributed by atoms with Crippen LogP contribution in [0.2, 0.25) is 0 Å². The van der Waals surface area contributed by atoms with E-state index in [-0.39, 0.29) is 10.6 Å². The van der Waals surface area contributed by atoms with E-state index in [2.05, 4.69) is 34.7 Å². The highest BCUT2D eigenvalue weighted by molar-refractivity contribution is 5.60. The summed E-state index contributed by atoms with van der Waals surface area (Å²) < 4.78 is 1.59. The summed E-state index contributed by atoms with van der Waals surface area (Å²) in [4.78, 5) is 11.0. The fourth-order valence-corrected chi connectivity index (χ4v) is 3.48. The van der Waals surface area contributed by atoms with Gasteiger partial charge in [0.1, 0.15) is 5.69 Å². The summed E-state index contributed by atoms with van der Waals surface area (Å²) in [6, 6.07) is 8.51. The number of nitro groups is 1. The number of hydrogen-bond acceptors (Lipinski definition) is 4. The highest BCUT2D eigenvalue weighted by Gasteiger charge is 2.27. The van der Waals surface area contributed by atoms with Crippen LogP contribution in [0.15, 0.2) is 24.3 Å².